The Labute approximate surface area is 122 Å². The second-order valence-corrected chi connectivity index (χ2v) is 5.38. The lowest BCUT2D eigenvalue weighted by Crippen LogP contribution is -2.49. The summed E-state index contributed by atoms with van der Waals surface area (Å²) >= 11 is 0. The Morgan fingerprint density at radius 1 is 1.38 bits per heavy atom. The summed E-state index contributed by atoms with van der Waals surface area (Å²) < 4.78 is 18.2. The number of nitrogens with one attached hydrogen (secondary N) is 1. The molecule has 0 aliphatic rings. The van der Waals surface area contributed by atoms with Gasteiger partial charge >= 0.3 is 0 Å². The van der Waals surface area contributed by atoms with Crippen LogP contribution in [0.5, 0.6) is 0 Å². The van der Waals surface area contributed by atoms with Crippen LogP contribution in [0.4, 0.5) is 4.39 Å². The summed E-state index contributed by atoms with van der Waals surface area (Å²) in [5, 5.41) is 2.73. The van der Waals surface area contributed by atoms with E-state index in [1.807, 2.05) is 0 Å². The van der Waals surface area contributed by atoms with E-state index in [4.69, 9.17) is 10.2 Å². The molecule has 6 heteroatoms. The minimum atomic E-state index is -0.900. The molecule has 0 unspecified atom stereocenters. The summed E-state index contributed by atoms with van der Waals surface area (Å²) in [5.41, 5.74) is 6.19. The molecule has 2 rings (SSSR count). The number of hydrogen-bond acceptors (Lipinski definition) is 4. The third-order valence-corrected chi connectivity index (χ3v) is 2.89. The molecule has 1 heterocycles. The molecular weight excluding hydrogens is 273 g/mol. The first-order valence-electron chi connectivity index (χ1n) is 6.64. The van der Waals surface area contributed by atoms with Crippen LogP contribution in [0.3, 0.4) is 0 Å². The zero-order chi connectivity index (χ0) is 15.5. The van der Waals surface area contributed by atoms with Crippen molar-refractivity contribution in [3.05, 3.63) is 42.0 Å². The van der Waals surface area contributed by atoms with Crippen LogP contribution >= 0.6 is 0 Å². The predicted molar refractivity (Wildman–Crippen MR) is 76.9 cm³/mol. The van der Waals surface area contributed by atoms with Crippen molar-refractivity contribution >= 4 is 5.91 Å². The normalized spacial score (nSPS) is 11.4. The van der Waals surface area contributed by atoms with Gasteiger partial charge in [-0.3, -0.25) is 4.79 Å². The van der Waals surface area contributed by atoms with E-state index in [9.17, 15) is 9.18 Å². The fourth-order valence-corrected chi connectivity index (χ4v) is 1.68. The van der Waals surface area contributed by atoms with Gasteiger partial charge in [0.05, 0.1) is 11.2 Å². The lowest BCUT2D eigenvalue weighted by molar-refractivity contribution is -0.125. The molecule has 0 spiro atoms. The Bertz CT molecular complexity index is 615. The maximum absolute atomic E-state index is 12.8. The number of benzene rings is 1. The first kappa shape index (κ1) is 15.2. The maximum Gasteiger partial charge on any atom is 0.239 e. The summed E-state index contributed by atoms with van der Waals surface area (Å²) in [5.74, 6) is -0.0992. The van der Waals surface area contributed by atoms with E-state index >= 15 is 0 Å². The minimum Gasteiger partial charge on any atom is -0.444 e. The number of halogens is 1. The van der Waals surface area contributed by atoms with Gasteiger partial charge < -0.3 is 15.5 Å². The average Bonchev–Trinajstić information content (AvgIpc) is 2.87. The Morgan fingerprint density at radius 3 is 2.67 bits per heavy atom. The zero-order valence-corrected chi connectivity index (χ0v) is 12.0. The summed E-state index contributed by atoms with van der Waals surface area (Å²) in [6.45, 7) is 3.71. The standard InChI is InChI=1S/C15H18FN3O2/c1-15(2,17)14(20)18-8-7-12-9-21-13(19-12)10-3-5-11(16)6-4-10/h3-6,9H,7-8,17H2,1-2H3,(H,18,20). The van der Waals surface area contributed by atoms with E-state index in [0.717, 1.165) is 0 Å². The highest BCUT2D eigenvalue weighted by molar-refractivity contribution is 5.84. The van der Waals surface area contributed by atoms with E-state index in [0.29, 0.717) is 30.1 Å². The number of aromatic nitrogens is 1. The molecule has 3 N–H and O–H groups in total. The molecule has 0 saturated heterocycles. The quantitative estimate of drug-likeness (QED) is 0.881. The Balaban J connectivity index is 1.92. The van der Waals surface area contributed by atoms with Crippen LogP contribution in [-0.4, -0.2) is 23.0 Å². The van der Waals surface area contributed by atoms with Crippen LogP contribution in [0, 0.1) is 5.82 Å². The van der Waals surface area contributed by atoms with Crippen LogP contribution < -0.4 is 11.1 Å². The SMILES string of the molecule is CC(C)(N)C(=O)NCCc1coc(-c2ccc(F)cc2)n1. The molecule has 5 nitrogen and oxygen atoms in total. The molecule has 2 aromatic rings. The maximum atomic E-state index is 12.8. The molecule has 0 radical (unpaired) electrons. The van der Waals surface area contributed by atoms with Gasteiger partial charge in [0.25, 0.3) is 0 Å². The van der Waals surface area contributed by atoms with Gasteiger partial charge in [0.1, 0.15) is 12.1 Å². The van der Waals surface area contributed by atoms with Crippen molar-refractivity contribution in [3.8, 4) is 11.5 Å². The zero-order valence-electron chi connectivity index (χ0n) is 12.0. The van der Waals surface area contributed by atoms with Gasteiger partial charge in [0, 0.05) is 18.5 Å². The van der Waals surface area contributed by atoms with Crippen LogP contribution in [-0.2, 0) is 11.2 Å². The number of oxazole rings is 1. The number of amides is 1. The fourth-order valence-electron chi connectivity index (χ4n) is 1.68. The first-order chi connectivity index (χ1) is 9.86. The number of nitrogens with zero attached hydrogens (tertiary/aromatic N) is 1. The van der Waals surface area contributed by atoms with Gasteiger partial charge in [0.2, 0.25) is 11.8 Å². The van der Waals surface area contributed by atoms with Crippen molar-refractivity contribution < 1.29 is 13.6 Å². The van der Waals surface area contributed by atoms with Gasteiger partial charge in [0.15, 0.2) is 0 Å². The topological polar surface area (TPSA) is 81.2 Å². The Kier molecular flexibility index (Phi) is 4.37. The number of carbonyl (C=O) groups excluding carboxylic acids is 1. The first-order valence-corrected chi connectivity index (χ1v) is 6.64. The Morgan fingerprint density at radius 2 is 2.05 bits per heavy atom. The van der Waals surface area contributed by atoms with Gasteiger partial charge in [-0.2, -0.15) is 0 Å². The lowest BCUT2D eigenvalue weighted by Gasteiger charge is -2.17. The van der Waals surface area contributed by atoms with Crippen molar-refractivity contribution in [1.82, 2.24) is 10.3 Å². The molecule has 0 bridgehead atoms. The lowest BCUT2D eigenvalue weighted by atomic mass is 10.1. The molecule has 0 atom stereocenters. The molecule has 112 valence electrons. The molecule has 1 aromatic heterocycles. The molecular formula is C15H18FN3O2. The number of carbonyl (C=O) groups is 1. The fraction of sp³-hybridized carbons (Fsp3) is 0.333. The van der Waals surface area contributed by atoms with Crippen molar-refractivity contribution in [3.63, 3.8) is 0 Å². The van der Waals surface area contributed by atoms with Gasteiger partial charge in [-0.1, -0.05) is 0 Å². The van der Waals surface area contributed by atoms with Crippen LogP contribution in [0.25, 0.3) is 11.5 Å². The molecule has 0 fully saturated rings. The largest absolute Gasteiger partial charge is 0.444 e. The van der Waals surface area contributed by atoms with Crippen molar-refractivity contribution in [2.45, 2.75) is 25.8 Å². The molecule has 21 heavy (non-hydrogen) atoms. The van der Waals surface area contributed by atoms with E-state index < -0.39 is 5.54 Å². The van der Waals surface area contributed by atoms with Crippen LogP contribution in [0.1, 0.15) is 19.5 Å². The minimum absolute atomic E-state index is 0.218. The van der Waals surface area contributed by atoms with Crippen molar-refractivity contribution in [2.24, 2.45) is 5.73 Å². The monoisotopic (exact) mass is 291 g/mol. The second-order valence-electron chi connectivity index (χ2n) is 5.38. The van der Waals surface area contributed by atoms with E-state index in [1.165, 1.54) is 18.4 Å². The van der Waals surface area contributed by atoms with Crippen molar-refractivity contribution in [2.75, 3.05) is 6.54 Å². The third kappa shape index (κ3) is 4.13. The summed E-state index contributed by atoms with van der Waals surface area (Å²) in [7, 11) is 0. The van der Waals surface area contributed by atoms with Gasteiger partial charge in [-0.15, -0.1) is 0 Å². The van der Waals surface area contributed by atoms with Crippen LogP contribution in [0.2, 0.25) is 0 Å². The molecule has 0 aliphatic heterocycles. The number of hydrogen-bond donors (Lipinski definition) is 2. The van der Waals surface area contributed by atoms with E-state index in [1.54, 1.807) is 26.0 Å². The summed E-state index contributed by atoms with van der Waals surface area (Å²) in [4.78, 5) is 15.9. The molecule has 0 aliphatic carbocycles. The number of rotatable bonds is 5. The van der Waals surface area contributed by atoms with Gasteiger partial charge in [-0.05, 0) is 38.1 Å². The predicted octanol–water partition coefficient (Wildman–Crippen LogP) is 1.88. The Hall–Kier alpha value is -2.21. The van der Waals surface area contributed by atoms with Gasteiger partial charge in [-0.25, -0.2) is 9.37 Å². The molecule has 0 saturated carbocycles. The smallest absolute Gasteiger partial charge is 0.239 e. The van der Waals surface area contributed by atoms with Crippen LogP contribution in [0.15, 0.2) is 34.9 Å². The highest BCUT2D eigenvalue weighted by Gasteiger charge is 2.21. The van der Waals surface area contributed by atoms with E-state index in [2.05, 4.69) is 10.3 Å². The number of nitrogens with two attached hydrogens (primary N) is 1. The summed E-state index contributed by atoms with van der Waals surface area (Å²) in [6, 6.07) is 5.90. The third-order valence-electron chi connectivity index (χ3n) is 2.89. The molecule has 1 amide bonds. The second kappa shape index (κ2) is 6.05. The summed E-state index contributed by atoms with van der Waals surface area (Å²) in [6.07, 6.45) is 2.06. The molecule has 1 aromatic carbocycles. The highest BCUT2D eigenvalue weighted by atomic mass is 19.1. The highest BCUT2D eigenvalue weighted by Crippen LogP contribution is 2.18. The van der Waals surface area contributed by atoms with E-state index in [-0.39, 0.29) is 11.7 Å². The van der Waals surface area contributed by atoms with Crippen molar-refractivity contribution in [1.29, 1.82) is 0 Å². The average molecular weight is 291 g/mol.